The van der Waals surface area contributed by atoms with E-state index in [0.29, 0.717) is 17.7 Å². The zero-order valence-corrected chi connectivity index (χ0v) is 26.4. The summed E-state index contributed by atoms with van der Waals surface area (Å²) in [7, 11) is 0. The van der Waals surface area contributed by atoms with Gasteiger partial charge >= 0.3 is 5.97 Å². The number of hydrogen-bond acceptors (Lipinski definition) is 7. The largest absolute Gasteiger partial charge is 0.508 e. The Kier molecular flexibility index (Phi) is 12.2. The molecule has 4 aromatic rings. The highest BCUT2D eigenvalue weighted by atomic mass is 32.1. The fraction of sp³-hybridized carbons (Fsp3) is 0.389. The van der Waals surface area contributed by atoms with Crippen molar-refractivity contribution in [3.8, 4) is 27.7 Å². The summed E-state index contributed by atoms with van der Waals surface area (Å²) in [6, 6.07) is 19.2. The van der Waals surface area contributed by atoms with E-state index in [-0.39, 0.29) is 23.2 Å². The van der Waals surface area contributed by atoms with Gasteiger partial charge in [-0.05, 0) is 111 Å². The van der Waals surface area contributed by atoms with Gasteiger partial charge in [0.1, 0.15) is 23.9 Å². The van der Waals surface area contributed by atoms with Crippen LogP contribution in [0.25, 0.3) is 20.5 Å². The molecule has 3 N–H and O–H groups in total. The van der Waals surface area contributed by atoms with Crippen LogP contribution in [0.15, 0.2) is 66.7 Å². The summed E-state index contributed by atoms with van der Waals surface area (Å²) in [4.78, 5) is 27.4. The maximum absolute atomic E-state index is 13.6. The number of rotatable bonds is 12. The number of carboxylic acids is 1. The Labute approximate surface area is 263 Å². The summed E-state index contributed by atoms with van der Waals surface area (Å²) in [5.74, 6) is 0.272. The van der Waals surface area contributed by atoms with E-state index in [4.69, 9.17) is 9.84 Å². The quantitative estimate of drug-likeness (QED) is 0.137. The summed E-state index contributed by atoms with van der Waals surface area (Å²) >= 11 is 1.46. The molecule has 1 aliphatic heterocycles. The number of hydrogen-bond donors (Lipinski definition) is 3. The molecule has 1 aromatic heterocycles. The number of carbonyl (C=O) groups excluding carboxylic acids is 1. The fourth-order valence-electron chi connectivity index (χ4n) is 5.54. The van der Waals surface area contributed by atoms with Crippen LogP contribution >= 0.6 is 11.3 Å². The lowest BCUT2D eigenvalue weighted by Crippen LogP contribution is -2.33. The van der Waals surface area contributed by atoms with Crippen molar-refractivity contribution in [3.63, 3.8) is 0 Å². The van der Waals surface area contributed by atoms with Gasteiger partial charge in [0.15, 0.2) is 5.78 Å². The lowest BCUT2D eigenvalue weighted by molar-refractivity contribution is -0.142. The van der Waals surface area contributed by atoms with Crippen LogP contribution in [0.5, 0.6) is 17.2 Å². The van der Waals surface area contributed by atoms with Gasteiger partial charge in [0.05, 0.1) is 5.92 Å². The van der Waals surface area contributed by atoms with Crippen LogP contribution in [0.3, 0.4) is 0 Å². The van der Waals surface area contributed by atoms with Crippen molar-refractivity contribution in [1.82, 2.24) is 4.90 Å². The number of piperidine rings is 1. The number of likely N-dealkylation sites (tertiary alicyclic amines) is 1. The highest BCUT2D eigenvalue weighted by molar-refractivity contribution is 7.22. The molecule has 1 fully saturated rings. The minimum absolute atomic E-state index is 0.0834. The van der Waals surface area contributed by atoms with Crippen molar-refractivity contribution in [2.45, 2.75) is 58.8 Å². The summed E-state index contributed by atoms with van der Waals surface area (Å²) in [6.45, 7) is 7.89. The molecule has 0 saturated carbocycles. The Morgan fingerprint density at radius 1 is 0.864 bits per heavy atom. The number of phenols is 2. The van der Waals surface area contributed by atoms with E-state index in [1.165, 1.54) is 30.6 Å². The van der Waals surface area contributed by atoms with Crippen LogP contribution in [-0.2, 0) is 4.79 Å². The third kappa shape index (κ3) is 8.83. The van der Waals surface area contributed by atoms with Gasteiger partial charge in [-0.1, -0.05) is 33.1 Å². The Balaban J connectivity index is 0.000000382. The number of nitrogens with zero attached hydrogens (tertiary/aromatic N) is 1. The molecule has 3 aromatic carbocycles. The molecule has 1 aliphatic rings. The van der Waals surface area contributed by atoms with Gasteiger partial charge in [-0.2, -0.15) is 0 Å². The second kappa shape index (κ2) is 16.3. The zero-order valence-electron chi connectivity index (χ0n) is 25.6. The molecule has 44 heavy (non-hydrogen) atoms. The number of thiophene rings is 1. The highest BCUT2D eigenvalue weighted by Gasteiger charge is 2.22. The number of carboxylic acid groups (broad SMARTS) is 1. The first-order chi connectivity index (χ1) is 21.3. The van der Waals surface area contributed by atoms with Crippen LogP contribution in [0.2, 0.25) is 0 Å². The number of ether oxygens (including phenoxy) is 1. The third-order valence-electron chi connectivity index (χ3n) is 7.90. The molecular formula is C36H43NO6S. The van der Waals surface area contributed by atoms with Crippen molar-refractivity contribution in [2.24, 2.45) is 5.92 Å². The van der Waals surface area contributed by atoms with E-state index in [1.54, 1.807) is 42.5 Å². The van der Waals surface area contributed by atoms with Crippen molar-refractivity contribution < 1.29 is 29.6 Å². The number of fused-ring (bicyclic) bond motifs is 1. The topological polar surface area (TPSA) is 107 Å². The van der Waals surface area contributed by atoms with E-state index in [2.05, 4.69) is 4.90 Å². The van der Waals surface area contributed by atoms with E-state index < -0.39 is 5.97 Å². The van der Waals surface area contributed by atoms with E-state index in [1.807, 2.05) is 38.1 Å². The van der Waals surface area contributed by atoms with Crippen molar-refractivity contribution in [2.75, 3.05) is 26.2 Å². The first-order valence-corrected chi connectivity index (χ1v) is 16.4. The average Bonchev–Trinajstić information content (AvgIpc) is 3.40. The van der Waals surface area contributed by atoms with Gasteiger partial charge in [-0.15, -0.1) is 11.3 Å². The smallest absolute Gasteiger partial charge is 0.306 e. The fourth-order valence-corrected chi connectivity index (χ4v) is 6.78. The molecule has 0 spiro atoms. The predicted molar refractivity (Wildman–Crippen MR) is 177 cm³/mol. The van der Waals surface area contributed by atoms with E-state index in [9.17, 15) is 19.8 Å². The minimum Gasteiger partial charge on any atom is -0.508 e. The summed E-state index contributed by atoms with van der Waals surface area (Å²) in [6.07, 6.45) is 7.43. The molecule has 0 atom stereocenters. The van der Waals surface area contributed by atoms with Crippen LogP contribution in [0.1, 0.15) is 74.7 Å². The lowest BCUT2D eigenvalue weighted by Gasteiger charge is -2.26. The molecule has 7 nitrogen and oxygen atoms in total. The zero-order chi connectivity index (χ0) is 31.5. The minimum atomic E-state index is -0.635. The monoisotopic (exact) mass is 617 g/mol. The van der Waals surface area contributed by atoms with Gasteiger partial charge in [0, 0.05) is 32.6 Å². The molecule has 2 heterocycles. The van der Waals surface area contributed by atoms with Crippen LogP contribution < -0.4 is 4.74 Å². The molecule has 0 aliphatic carbocycles. The van der Waals surface area contributed by atoms with Crippen LogP contribution in [0, 0.1) is 5.92 Å². The van der Waals surface area contributed by atoms with E-state index >= 15 is 0 Å². The molecule has 0 amide bonds. The van der Waals surface area contributed by atoms with Crippen molar-refractivity contribution in [3.05, 3.63) is 77.9 Å². The van der Waals surface area contributed by atoms with Crippen molar-refractivity contribution in [1.29, 1.82) is 0 Å². The average molecular weight is 618 g/mol. The van der Waals surface area contributed by atoms with Gasteiger partial charge in [-0.25, -0.2) is 0 Å². The molecule has 1 saturated heterocycles. The number of benzene rings is 3. The Bertz CT molecular complexity index is 1500. The Hall–Kier alpha value is -3.88. The third-order valence-corrected chi connectivity index (χ3v) is 9.10. The SMILES string of the molecule is CCCC(CCC)C(=O)O.O=C(c1ccc(OCCN2CCCCC2)cc1)c1c(-c2ccc(O)cc2)sc2cc(O)ccc12. The molecular weight excluding hydrogens is 574 g/mol. The second-order valence-corrected chi connectivity index (χ2v) is 12.3. The Morgan fingerprint density at radius 3 is 2.11 bits per heavy atom. The molecule has 5 rings (SSSR count). The highest BCUT2D eigenvalue weighted by Crippen LogP contribution is 2.41. The van der Waals surface area contributed by atoms with Crippen LogP contribution in [-0.4, -0.2) is 58.2 Å². The predicted octanol–water partition coefficient (Wildman–Crippen LogP) is 8.36. The van der Waals surface area contributed by atoms with Gasteiger partial charge in [0.25, 0.3) is 0 Å². The Morgan fingerprint density at radius 2 is 1.50 bits per heavy atom. The maximum Gasteiger partial charge on any atom is 0.306 e. The first kappa shape index (κ1) is 33.0. The number of aromatic hydroxyl groups is 2. The molecule has 0 bridgehead atoms. The number of aliphatic carboxylic acids is 1. The normalized spacial score (nSPS) is 13.4. The first-order valence-electron chi connectivity index (χ1n) is 15.6. The molecule has 8 heteroatoms. The van der Waals surface area contributed by atoms with Crippen molar-refractivity contribution >= 4 is 33.2 Å². The number of carbonyl (C=O) groups is 2. The van der Waals surface area contributed by atoms with Gasteiger partial charge < -0.3 is 20.1 Å². The van der Waals surface area contributed by atoms with E-state index in [0.717, 1.165) is 71.6 Å². The summed E-state index contributed by atoms with van der Waals surface area (Å²) in [5.41, 5.74) is 2.03. The number of phenolic OH excluding ortho intramolecular Hbond substituents is 2. The molecule has 0 radical (unpaired) electrons. The maximum atomic E-state index is 13.6. The molecule has 234 valence electrons. The summed E-state index contributed by atoms with van der Waals surface area (Å²) < 4.78 is 6.76. The summed E-state index contributed by atoms with van der Waals surface area (Å²) in [5, 5.41) is 29.1. The van der Waals surface area contributed by atoms with Crippen LogP contribution in [0.4, 0.5) is 0 Å². The molecule has 0 unspecified atom stereocenters. The second-order valence-electron chi connectivity index (χ2n) is 11.3. The standard InChI is InChI=1S/C28H27NO4S.C8H16O2/c30-21-8-4-20(5-9-21)28-26(24-13-10-22(31)18-25(24)34-28)27(32)19-6-11-23(12-7-19)33-17-16-29-14-2-1-3-15-29;1-3-5-7(6-4-2)8(9)10/h4-13,18,30-31H,1-3,14-17H2;7H,3-6H2,1-2H3,(H,9,10). The number of ketones is 1. The van der Waals surface area contributed by atoms with Gasteiger partial charge in [-0.3, -0.25) is 14.5 Å². The lowest BCUT2D eigenvalue weighted by atomic mass is 9.97. The van der Waals surface area contributed by atoms with Gasteiger partial charge in [0.2, 0.25) is 0 Å².